The molecule has 1 saturated carbocycles. The third-order valence-electron chi connectivity index (χ3n) is 5.53. The molecule has 0 spiro atoms. The molecule has 6 nitrogen and oxygen atoms in total. The maximum absolute atomic E-state index is 12.9. The fraction of sp³-hybridized carbons (Fsp3) is 0.435. The van der Waals surface area contributed by atoms with Crippen LogP contribution in [0.4, 0.5) is 10.7 Å². The summed E-state index contributed by atoms with van der Waals surface area (Å²) in [5.41, 5.74) is 2.28. The Hall–Kier alpha value is -2.32. The second-order valence-electron chi connectivity index (χ2n) is 7.95. The first-order chi connectivity index (χ1) is 15.0. The molecule has 1 atom stereocenters. The number of anilines is 2. The van der Waals surface area contributed by atoms with Crippen molar-refractivity contribution in [3.63, 3.8) is 0 Å². The number of amides is 2. The molecule has 164 valence electrons. The quantitative estimate of drug-likeness (QED) is 0.456. The van der Waals surface area contributed by atoms with Gasteiger partial charge in [0.05, 0.1) is 17.9 Å². The van der Waals surface area contributed by atoms with E-state index in [2.05, 4.69) is 10.6 Å². The number of hydrogen-bond acceptors (Lipinski definition) is 6. The first-order valence-corrected chi connectivity index (χ1v) is 12.3. The van der Waals surface area contributed by atoms with Gasteiger partial charge in [-0.1, -0.05) is 6.07 Å². The molecule has 2 aliphatic carbocycles. The molecule has 0 radical (unpaired) electrons. The highest BCUT2D eigenvalue weighted by Crippen LogP contribution is 2.39. The normalized spacial score (nSPS) is 16.2. The summed E-state index contributed by atoms with van der Waals surface area (Å²) in [5.74, 6) is -0.359. The molecule has 2 amide bonds. The van der Waals surface area contributed by atoms with E-state index in [1.165, 1.54) is 35.1 Å². The Kier molecular flexibility index (Phi) is 6.67. The van der Waals surface area contributed by atoms with Gasteiger partial charge in [-0.3, -0.25) is 9.59 Å². The topological polar surface area (TPSA) is 84.5 Å². The fourth-order valence-electron chi connectivity index (χ4n) is 3.68. The monoisotopic (exact) mass is 458 g/mol. The molecule has 0 aliphatic heterocycles. The number of aryl methyl sites for hydroxylation is 1. The molecule has 2 aromatic rings. The van der Waals surface area contributed by atoms with Crippen LogP contribution < -0.4 is 10.6 Å². The summed E-state index contributed by atoms with van der Waals surface area (Å²) >= 11 is 2.90. The molecule has 4 rings (SSSR count). The molecular weight excluding hydrogens is 432 g/mol. The number of ether oxygens (including phenoxy) is 1. The predicted molar refractivity (Wildman–Crippen MR) is 124 cm³/mol. The van der Waals surface area contributed by atoms with Crippen molar-refractivity contribution >= 4 is 51.6 Å². The summed E-state index contributed by atoms with van der Waals surface area (Å²) < 4.78 is 4.98. The Balaban J connectivity index is 1.44. The Morgan fingerprint density at radius 1 is 1.16 bits per heavy atom. The average Bonchev–Trinajstić information content (AvgIpc) is 3.55. The van der Waals surface area contributed by atoms with Gasteiger partial charge in [0.1, 0.15) is 5.00 Å². The summed E-state index contributed by atoms with van der Waals surface area (Å²) in [7, 11) is 1.37. The van der Waals surface area contributed by atoms with E-state index in [4.69, 9.17) is 4.74 Å². The first-order valence-electron chi connectivity index (χ1n) is 10.6. The number of fused-ring (bicyclic) bond motifs is 1. The van der Waals surface area contributed by atoms with Crippen LogP contribution in [-0.2, 0) is 27.2 Å². The minimum atomic E-state index is -0.394. The number of thioether (sulfide) groups is 1. The standard InChI is InChI=1S/C23H26N2O4S2/c1-13(30-16-7-5-6-15(12-16)24-21(27)14-10-11-14)20(26)25-22-19(23(28)29-2)17-8-3-4-9-18(17)31-22/h5-7,12-14H,3-4,8-11H2,1-2H3,(H,24,27)(H,25,26). The third kappa shape index (κ3) is 5.13. The smallest absolute Gasteiger partial charge is 0.341 e. The van der Waals surface area contributed by atoms with E-state index < -0.39 is 5.97 Å². The van der Waals surface area contributed by atoms with Crippen molar-refractivity contribution in [1.82, 2.24) is 0 Å². The number of nitrogens with one attached hydrogen (secondary N) is 2. The van der Waals surface area contributed by atoms with E-state index >= 15 is 0 Å². The molecular formula is C23H26N2O4S2. The second-order valence-corrected chi connectivity index (χ2v) is 10.5. The van der Waals surface area contributed by atoms with Crippen molar-refractivity contribution in [2.75, 3.05) is 17.7 Å². The molecule has 1 aromatic carbocycles. The highest BCUT2D eigenvalue weighted by Gasteiger charge is 2.30. The number of hydrogen-bond donors (Lipinski definition) is 2. The molecule has 1 unspecified atom stereocenters. The Labute approximate surface area is 190 Å². The van der Waals surface area contributed by atoms with Gasteiger partial charge < -0.3 is 15.4 Å². The van der Waals surface area contributed by atoms with Gasteiger partial charge in [-0.25, -0.2) is 4.79 Å². The number of carbonyl (C=O) groups excluding carboxylic acids is 3. The summed E-state index contributed by atoms with van der Waals surface area (Å²) in [6, 6.07) is 7.54. The molecule has 0 bridgehead atoms. The van der Waals surface area contributed by atoms with E-state index in [0.29, 0.717) is 10.6 Å². The van der Waals surface area contributed by atoms with Gasteiger partial charge in [-0.05, 0) is 69.2 Å². The Bertz CT molecular complexity index is 1010. The lowest BCUT2D eigenvalue weighted by atomic mass is 9.95. The number of carbonyl (C=O) groups is 3. The maximum Gasteiger partial charge on any atom is 0.341 e. The number of rotatable bonds is 7. The van der Waals surface area contributed by atoms with E-state index in [9.17, 15) is 14.4 Å². The molecule has 1 heterocycles. The zero-order chi connectivity index (χ0) is 22.0. The van der Waals surface area contributed by atoms with Crippen LogP contribution in [0.1, 0.15) is 53.4 Å². The molecule has 1 fully saturated rings. The van der Waals surface area contributed by atoms with E-state index in [0.717, 1.165) is 54.7 Å². The average molecular weight is 459 g/mol. The second kappa shape index (κ2) is 9.44. The van der Waals surface area contributed by atoms with Crippen LogP contribution in [-0.4, -0.2) is 30.1 Å². The maximum atomic E-state index is 12.9. The molecule has 0 saturated heterocycles. The van der Waals surface area contributed by atoms with Crippen LogP contribution >= 0.6 is 23.1 Å². The van der Waals surface area contributed by atoms with Crippen molar-refractivity contribution in [2.45, 2.75) is 55.6 Å². The van der Waals surface area contributed by atoms with Crippen LogP contribution in [0.5, 0.6) is 0 Å². The molecule has 1 aromatic heterocycles. The summed E-state index contributed by atoms with van der Waals surface area (Å²) in [5, 5.41) is 6.11. The van der Waals surface area contributed by atoms with Crippen LogP contribution in [0.25, 0.3) is 0 Å². The van der Waals surface area contributed by atoms with E-state index in [1.807, 2.05) is 31.2 Å². The van der Waals surface area contributed by atoms with Gasteiger partial charge in [0.15, 0.2) is 0 Å². The lowest BCUT2D eigenvalue weighted by Gasteiger charge is -2.14. The van der Waals surface area contributed by atoms with Crippen molar-refractivity contribution < 1.29 is 19.1 Å². The predicted octanol–water partition coefficient (Wildman–Crippen LogP) is 4.88. The van der Waals surface area contributed by atoms with Crippen molar-refractivity contribution in [1.29, 1.82) is 0 Å². The number of esters is 1. The lowest BCUT2D eigenvalue weighted by Crippen LogP contribution is -2.23. The largest absolute Gasteiger partial charge is 0.465 e. The summed E-state index contributed by atoms with van der Waals surface area (Å²) in [6.45, 7) is 1.83. The number of thiophene rings is 1. The minimum Gasteiger partial charge on any atom is -0.465 e. The molecule has 2 N–H and O–H groups in total. The van der Waals surface area contributed by atoms with Gasteiger partial charge in [0.25, 0.3) is 0 Å². The van der Waals surface area contributed by atoms with E-state index in [1.54, 1.807) is 0 Å². The number of benzene rings is 1. The number of methoxy groups -OCH3 is 1. The summed E-state index contributed by atoms with van der Waals surface area (Å²) in [6.07, 6.45) is 5.83. The SMILES string of the molecule is COC(=O)c1c(NC(=O)C(C)Sc2cccc(NC(=O)C3CC3)c2)sc2c1CCCC2. The van der Waals surface area contributed by atoms with Crippen LogP contribution in [0.2, 0.25) is 0 Å². The van der Waals surface area contributed by atoms with Gasteiger partial charge in [0, 0.05) is 21.4 Å². The van der Waals surface area contributed by atoms with Gasteiger partial charge in [-0.2, -0.15) is 0 Å². The van der Waals surface area contributed by atoms with Gasteiger partial charge in [0.2, 0.25) is 11.8 Å². The van der Waals surface area contributed by atoms with Crippen LogP contribution in [0.3, 0.4) is 0 Å². The van der Waals surface area contributed by atoms with E-state index in [-0.39, 0.29) is 23.0 Å². The van der Waals surface area contributed by atoms with Crippen molar-refractivity contribution in [3.8, 4) is 0 Å². The summed E-state index contributed by atoms with van der Waals surface area (Å²) in [4.78, 5) is 39.3. The Morgan fingerprint density at radius 3 is 2.68 bits per heavy atom. The zero-order valence-corrected chi connectivity index (χ0v) is 19.3. The fourth-order valence-corrected chi connectivity index (χ4v) is 5.89. The minimum absolute atomic E-state index is 0.0601. The highest BCUT2D eigenvalue weighted by atomic mass is 32.2. The Morgan fingerprint density at radius 2 is 1.94 bits per heavy atom. The molecule has 8 heteroatoms. The van der Waals surface area contributed by atoms with Crippen LogP contribution in [0.15, 0.2) is 29.2 Å². The third-order valence-corrected chi connectivity index (χ3v) is 7.83. The molecule has 31 heavy (non-hydrogen) atoms. The van der Waals surface area contributed by atoms with Crippen molar-refractivity contribution in [2.24, 2.45) is 5.92 Å². The first kappa shape index (κ1) is 21.9. The molecule has 2 aliphatic rings. The van der Waals surface area contributed by atoms with Gasteiger partial charge >= 0.3 is 5.97 Å². The highest BCUT2D eigenvalue weighted by molar-refractivity contribution is 8.00. The lowest BCUT2D eigenvalue weighted by molar-refractivity contribution is -0.117. The zero-order valence-electron chi connectivity index (χ0n) is 17.7. The van der Waals surface area contributed by atoms with Crippen molar-refractivity contribution in [3.05, 3.63) is 40.3 Å². The van der Waals surface area contributed by atoms with Gasteiger partial charge in [-0.15, -0.1) is 23.1 Å². The van der Waals surface area contributed by atoms with Crippen LogP contribution in [0, 0.1) is 5.92 Å².